The Kier molecular flexibility index (Phi) is 7.77. The van der Waals surface area contributed by atoms with Gasteiger partial charge in [0.25, 0.3) is 0 Å². The van der Waals surface area contributed by atoms with Crippen LogP contribution in [-0.4, -0.2) is 90.8 Å². The third-order valence-electron chi connectivity index (χ3n) is 6.22. The Morgan fingerprint density at radius 2 is 1.70 bits per heavy atom. The predicted octanol–water partition coefficient (Wildman–Crippen LogP) is 2.27. The van der Waals surface area contributed by atoms with Crippen molar-refractivity contribution in [2.24, 2.45) is 0 Å². The normalized spacial score (nSPS) is 19.8. The van der Waals surface area contributed by atoms with Crippen molar-refractivity contribution in [3.8, 4) is 5.75 Å². The number of nitrogens with zero attached hydrogens (tertiary/aromatic N) is 3. The highest BCUT2D eigenvalue weighted by Crippen LogP contribution is 2.27. The number of likely N-dealkylation sites (tertiary alicyclic amines) is 1. The van der Waals surface area contributed by atoms with E-state index in [1.165, 1.54) is 5.56 Å². The number of carbonyl (C=O) groups excluding carboxylic acids is 1. The molecule has 1 N–H and O–H groups in total. The van der Waals surface area contributed by atoms with Gasteiger partial charge in [-0.2, -0.15) is 0 Å². The zero-order chi connectivity index (χ0) is 21.7. The van der Waals surface area contributed by atoms with Crippen molar-refractivity contribution < 1.29 is 14.6 Å². The molecule has 6 heteroatoms. The molecular weight excluding hydrogens is 378 g/mol. The van der Waals surface area contributed by atoms with Gasteiger partial charge in [0.2, 0.25) is 5.91 Å². The summed E-state index contributed by atoms with van der Waals surface area (Å²) in [6.07, 6.45) is 1.75. The average molecular weight is 418 g/mol. The van der Waals surface area contributed by atoms with Crippen molar-refractivity contribution in [1.82, 2.24) is 14.7 Å². The molecule has 1 unspecified atom stereocenters. The van der Waals surface area contributed by atoms with E-state index >= 15 is 0 Å². The number of rotatable bonds is 7. The molecule has 2 aliphatic rings. The van der Waals surface area contributed by atoms with Crippen molar-refractivity contribution in [2.75, 3.05) is 59.0 Å². The maximum Gasteiger partial charge on any atom is 0.236 e. The average Bonchev–Trinajstić information content (AvgIpc) is 3.23. The van der Waals surface area contributed by atoms with Gasteiger partial charge in [0.05, 0.1) is 6.54 Å². The summed E-state index contributed by atoms with van der Waals surface area (Å²) in [5, 5.41) is 10.5. The largest absolute Gasteiger partial charge is 0.491 e. The number of amides is 1. The van der Waals surface area contributed by atoms with E-state index in [1.807, 2.05) is 11.0 Å². The summed E-state index contributed by atoms with van der Waals surface area (Å²) in [6, 6.07) is 6.29. The van der Waals surface area contributed by atoms with E-state index in [-0.39, 0.29) is 11.3 Å². The summed E-state index contributed by atoms with van der Waals surface area (Å²) in [5.74, 6) is 1.11. The molecule has 2 fully saturated rings. The van der Waals surface area contributed by atoms with Gasteiger partial charge in [-0.1, -0.05) is 32.9 Å². The molecule has 0 bridgehead atoms. The van der Waals surface area contributed by atoms with Gasteiger partial charge in [-0.15, -0.1) is 0 Å². The molecule has 0 aliphatic carbocycles. The lowest BCUT2D eigenvalue weighted by atomic mass is 9.86. The van der Waals surface area contributed by atoms with E-state index in [0.717, 1.165) is 63.4 Å². The van der Waals surface area contributed by atoms with Gasteiger partial charge in [0.15, 0.2) is 0 Å². The highest BCUT2D eigenvalue weighted by molar-refractivity contribution is 5.78. The number of hydrogen-bond acceptors (Lipinski definition) is 5. The number of aryl methyl sites for hydroxylation is 1. The number of ether oxygens (including phenoxy) is 1. The minimum Gasteiger partial charge on any atom is -0.491 e. The van der Waals surface area contributed by atoms with Crippen LogP contribution in [0.4, 0.5) is 0 Å². The number of carbonyl (C=O) groups is 1. The van der Waals surface area contributed by atoms with E-state index in [4.69, 9.17) is 4.74 Å². The first kappa shape index (κ1) is 23.0. The van der Waals surface area contributed by atoms with Crippen LogP contribution in [0.5, 0.6) is 5.75 Å². The first-order chi connectivity index (χ1) is 14.2. The number of hydrogen-bond donors (Lipinski definition) is 1. The second-order valence-corrected chi connectivity index (χ2v) is 9.86. The Morgan fingerprint density at radius 1 is 1.07 bits per heavy atom. The van der Waals surface area contributed by atoms with E-state index in [2.05, 4.69) is 49.6 Å². The highest BCUT2D eigenvalue weighted by atomic mass is 16.5. The summed E-state index contributed by atoms with van der Waals surface area (Å²) >= 11 is 0. The van der Waals surface area contributed by atoms with Crippen LogP contribution in [0.25, 0.3) is 0 Å². The molecule has 0 spiro atoms. The molecule has 1 atom stereocenters. The van der Waals surface area contributed by atoms with Gasteiger partial charge in [0.1, 0.15) is 18.5 Å². The van der Waals surface area contributed by atoms with Gasteiger partial charge in [-0.3, -0.25) is 14.6 Å². The number of β-amino-alcohol motifs (C(OH)–C–C–N with tert-alkyl or cyclic N) is 1. The fraction of sp³-hybridized carbons (Fsp3) is 0.708. The summed E-state index contributed by atoms with van der Waals surface area (Å²) in [6.45, 7) is 15.4. The van der Waals surface area contributed by atoms with E-state index in [1.54, 1.807) is 0 Å². The van der Waals surface area contributed by atoms with Crippen LogP contribution >= 0.6 is 0 Å². The predicted molar refractivity (Wildman–Crippen MR) is 120 cm³/mol. The number of benzene rings is 1. The zero-order valence-corrected chi connectivity index (χ0v) is 19.2. The molecule has 168 valence electrons. The topological polar surface area (TPSA) is 56.3 Å². The smallest absolute Gasteiger partial charge is 0.236 e. The monoisotopic (exact) mass is 417 g/mol. The van der Waals surface area contributed by atoms with Gasteiger partial charge >= 0.3 is 0 Å². The van der Waals surface area contributed by atoms with E-state index in [0.29, 0.717) is 19.7 Å². The fourth-order valence-corrected chi connectivity index (χ4v) is 4.20. The summed E-state index contributed by atoms with van der Waals surface area (Å²) < 4.78 is 5.90. The van der Waals surface area contributed by atoms with Gasteiger partial charge in [0, 0.05) is 45.8 Å². The molecule has 1 aromatic rings. The molecule has 2 heterocycles. The third-order valence-corrected chi connectivity index (χ3v) is 6.22. The van der Waals surface area contributed by atoms with Crippen molar-refractivity contribution in [3.63, 3.8) is 0 Å². The van der Waals surface area contributed by atoms with Crippen LogP contribution in [0.2, 0.25) is 0 Å². The molecule has 6 nitrogen and oxygen atoms in total. The molecular formula is C24H39N3O3. The minimum absolute atomic E-state index is 0.115. The van der Waals surface area contributed by atoms with E-state index < -0.39 is 6.10 Å². The Labute approximate surface area is 181 Å². The Balaban J connectivity index is 1.38. The lowest BCUT2D eigenvalue weighted by Crippen LogP contribution is -2.51. The maximum absolute atomic E-state index is 12.3. The van der Waals surface area contributed by atoms with Gasteiger partial charge in [-0.05, 0) is 42.4 Å². The molecule has 3 rings (SSSR count). The molecule has 2 aliphatic heterocycles. The van der Waals surface area contributed by atoms with Crippen molar-refractivity contribution in [2.45, 2.75) is 52.1 Å². The summed E-state index contributed by atoms with van der Waals surface area (Å²) in [5.41, 5.74) is 2.50. The Bertz CT molecular complexity index is 702. The quantitative estimate of drug-likeness (QED) is 0.738. The summed E-state index contributed by atoms with van der Waals surface area (Å²) in [7, 11) is 0. The first-order valence-electron chi connectivity index (χ1n) is 11.4. The molecule has 2 saturated heterocycles. The van der Waals surface area contributed by atoms with E-state index in [9.17, 15) is 9.90 Å². The lowest BCUT2D eigenvalue weighted by Gasteiger charge is -2.35. The van der Waals surface area contributed by atoms with Crippen LogP contribution < -0.4 is 4.74 Å². The van der Waals surface area contributed by atoms with Crippen LogP contribution in [0.15, 0.2) is 18.2 Å². The van der Waals surface area contributed by atoms with Gasteiger partial charge in [-0.25, -0.2) is 0 Å². The number of aliphatic hydroxyl groups excluding tert-OH is 1. The first-order valence-corrected chi connectivity index (χ1v) is 11.4. The molecule has 30 heavy (non-hydrogen) atoms. The molecule has 1 aromatic carbocycles. The standard InChI is InChI=1S/C24H39N3O3/c1-19-15-20(24(2,3)4)7-8-22(19)30-18-21(28)16-25-11-13-26(14-12-25)17-23(29)27-9-5-6-10-27/h7-8,15,21,28H,5-6,9-14,16-18H2,1-4H3. The van der Waals surface area contributed by atoms with Crippen LogP contribution in [-0.2, 0) is 10.2 Å². The molecule has 1 amide bonds. The zero-order valence-electron chi connectivity index (χ0n) is 19.2. The number of aliphatic hydroxyl groups is 1. The van der Waals surface area contributed by atoms with Gasteiger partial charge < -0.3 is 14.7 Å². The second kappa shape index (κ2) is 10.1. The van der Waals surface area contributed by atoms with Crippen LogP contribution in [0.3, 0.4) is 0 Å². The fourth-order valence-electron chi connectivity index (χ4n) is 4.20. The van der Waals surface area contributed by atoms with Crippen LogP contribution in [0, 0.1) is 6.92 Å². The summed E-state index contributed by atoms with van der Waals surface area (Å²) in [4.78, 5) is 18.8. The van der Waals surface area contributed by atoms with Crippen molar-refractivity contribution in [3.05, 3.63) is 29.3 Å². The molecule has 0 saturated carbocycles. The second-order valence-electron chi connectivity index (χ2n) is 9.86. The minimum atomic E-state index is -0.524. The van der Waals surface area contributed by atoms with Crippen molar-refractivity contribution in [1.29, 1.82) is 0 Å². The van der Waals surface area contributed by atoms with Crippen molar-refractivity contribution >= 4 is 5.91 Å². The van der Waals surface area contributed by atoms with Crippen LogP contribution in [0.1, 0.15) is 44.7 Å². The Hall–Kier alpha value is -1.63. The third kappa shape index (κ3) is 6.43. The Morgan fingerprint density at radius 3 is 2.30 bits per heavy atom. The molecule has 0 radical (unpaired) electrons. The lowest BCUT2D eigenvalue weighted by molar-refractivity contribution is -0.131. The number of piperazine rings is 1. The maximum atomic E-state index is 12.3. The highest BCUT2D eigenvalue weighted by Gasteiger charge is 2.24. The molecule has 0 aromatic heterocycles. The SMILES string of the molecule is Cc1cc(C(C)(C)C)ccc1OCC(O)CN1CCN(CC(=O)N2CCCC2)CC1.